The molecule has 0 aliphatic heterocycles. The fourth-order valence-electron chi connectivity index (χ4n) is 5.55. The van der Waals surface area contributed by atoms with Gasteiger partial charge in [0, 0.05) is 48.2 Å². The molecule has 0 heterocycles. The largest absolute Gasteiger partial charge is 2.00 e. The van der Waals surface area contributed by atoms with Gasteiger partial charge in [-0.05, 0) is 111 Å². The molecule has 0 rings (SSSR count). The van der Waals surface area contributed by atoms with E-state index in [0.29, 0.717) is 5.25 Å². The molecule has 0 aromatic heterocycles. The van der Waals surface area contributed by atoms with Gasteiger partial charge in [-0.15, -0.1) is 0 Å². The van der Waals surface area contributed by atoms with Crippen LogP contribution in [0.1, 0.15) is 125 Å². The zero-order valence-corrected chi connectivity index (χ0v) is 37.2. The van der Waals surface area contributed by atoms with Crippen molar-refractivity contribution in [1.82, 2.24) is 0 Å². The van der Waals surface area contributed by atoms with Crippen molar-refractivity contribution in [2.24, 2.45) is 0 Å². The van der Waals surface area contributed by atoms with E-state index in [1.165, 1.54) is 0 Å². The molecule has 0 N–H and O–H groups in total. The normalized spacial score (nSPS) is 11.7. The van der Waals surface area contributed by atoms with Gasteiger partial charge in [0.15, 0.2) is 0 Å². The first kappa shape index (κ1) is 54.9. The Morgan fingerprint density at radius 1 is 0.359 bits per heavy atom. The van der Waals surface area contributed by atoms with Crippen LogP contribution in [-0.2, 0) is 59.1 Å². The zero-order chi connectivity index (χ0) is 29.3. The second kappa shape index (κ2) is 31.4. The molecule has 0 radical (unpaired) electrons. The molecule has 0 spiro atoms. The topological polar surface area (TPSA) is 0 Å². The summed E-state index contributed by atoms with van der Waals surface area (Å²) in [6, 6.07) is 0. The minimum absolute atomic E-state index is 0. The van der Waals surface area contributed by atoms with Gasteiger partial charge in [-0.25, -0.2) is 0 Å². The van der Waals surface area contributed by atoms with E-state index in [1.54, 1.807) is 24.6 Å². The summed E-state index contributed by atoms with van der Waals surface area (Å²) >= 11 is 4.62. The Morgan fingerprint density at radius 2 is 0.436 bits per heavy atom. The number of hydrogen-bond acceptors (Lipinski definition) is 2. The number of thiol groups is 1. The summed E-state index contributed by atoms with van der Waals surface area (Å²) in [7, 11) is -0.458. The van der Waals surface area contributed by atoms with Crippen LogP contribution >= 0.6 is 31.7 Å². The van der Waals surface area contributed by atoms with Gasteiger partial charge in [0.1, 0.15) is 0 Å². The van der Waals surface area contributed by atoms with Crippen molar-refractivity contribution in [2.45, 2.75) is 175 Å². The van der Waals surface area contributed by atoms with Crippen LogP contribution in [0.25, 0.3) is 0 Å². The van der Waals surface area contributed by atoms with E-state index in [1.807, 2.05) is 13.8 Å². The first-order valence-corrected chi connectivity index (χ1v) is 23.3. The van der Waals surface area contributed by atoms with Gasteiger partial charge in [0.25, 0.3) is 0 Å². The molecule has 248 valence electrons. The van der Waals surface area contributed by atoms with E-state index in [9.17, 15) is 0 Å². The molecule has 0 saturated heterocycles. The first-order chi connectivity index (χ1) is 16.3. The Balaban J connectivity index is -0.000000115. The van der Waals surface area contributed by atoms with Crippen molar-refractivity contribution in [3.63, 3.8) is 0 Å². The Kier molecular flexibility index (Phi) is 44.2. The van der Waals surface area contributed by atoms with Gasteiger partial charge < -0.3 is 26.1 Å². The van der Waals surface area contributed by atoms with E-state index >= 15 is 0 Å². The quantitative estimate of drug-likeness (QED) is 0.0750. The predicted molar refractivity (Wildman–Crippen MR) is 205 cm³/mol. The monoisotopic (exact) mass is 752 g/mol. The molecule has 0 aliphatic rings. The maximum atomic E-state index is 4.62. The van der Waals surface area contributed by atoms with Gasteiger partial charge >= 0.3 is 16.5 Å². The zero-order valence-electron chi connectivity index (χ0n) is 29.5. The molecule has 0 aromatic rings. The molecule has 0 atom stereocenters. The molecule has 0 aliphatic carbocycles. The molecule has 0 bridgehead atoms. The van der Waals surface area contributed by atoms with E-state index in [0.717, 1.165) is 45.3 Å². The van der Waals surface area contributed by atoms with Crippen molar-refractivity contribution in [3.05, 3.63) is 0 Å². The van der Waals surface area contributed by atoms with E-state index in [4.69, 9.17) is 0 Å². The minimum atomic E-state index is -0.114. The molecular formula is C31H76Ni2P4S2+4. The molecular weight excluding hydrogens is 678 g/mol. The summed E-state index contributed by atoms with van der Waals surface area (Å²) in [5, 5.41) is 0.417. The fraction of sp³-hybridized carbons (Fsp3) is 1.00. The van der Waals surface area contributed by atoms with Gasteiger partial charge in [0.05, 0.1) is 69.9 Å². The summed E-state index contributed by atoms with van der Waals surface area (Å²) in [5.41, 5.74) is 7.61. The maximum absolute atomic E-state index is 4.62. The van der Waals surface area contributed by atoms with Gasteiger partial charge in [-0.1, -0.05) is 13.8 Å². The van der Waals surface area contributed by atoms with E-state index in [2.05, 4.69) is 123 Å². The summed E-state index contributed by atoms with van der Waals surface area (Å²) in [6.45, 7) is 42.9. The van der Waals surface area contributed by atoms with Crippen LogP contribution in [0.3, 0.4) is 0 Å². The third-order valence-electron chi connectivity index (χ3n) is 7.34. The Labute approximate surface area is 288 Å². The molecule has 8 heteroatoms. The standard InChI is InChI=1S/2C14H32P2.C3H8S.2Ni.H2S/c2*1-11(2)15(12(3)4)9-10-16(13(5)6)14(7)8;1-3(2)4;;;/h2*11-14H,9-10H2,1-8H3;3-4H,1-2H3;;;1H2/q;;;;+2;/p+2. The van der Waals surface area contributed by atoms with Gasteiger partial charge in [-0.2, -0.15) is 5.25 Å². The van der Waals surface area contributed by atoms with Crippen molar-refractivity contribution in [3.8, 4) is 0 Å². The molecule has 39 heavy (non-hydrogen) atoms. The van der Waals surface area contributed by atoms with Gasteiger partial charge in [-0.3, -0.25) is 0 Å². The molecule has 0 nitrogen and oxygen atoms in total. The van der Waals surface area contributed by atoms with Crippen LogP contribution < -0.4 is 0 Å². The fourth-order valence-corrected chi connectivity index (χ4v) is 20.1. The van der Waals surface area contributed by atoms with Crippen LogP contribution in [0.15, 0.2) is 0 Å². The van der Waals surface area contributed by atoms with Gasteiger partial charge in [0.2, 0.25) is 0 Å². The predicted octanol–water partition coefficient (Wildman–Crippen LogP) is 10.8. The Bertz CT molecular complexity index is 374. The summed E-state index contributed by atoms with van der Waals surface area (Å²) in [4.78, 5) is 0. The SMILES string of the molecule is CC(C)[PH+](CC[PH+](C(C)C)C(C)C)C(C)C.CC(C)[PH+](CC[PH+](C(C)C)C(C)C)C(C)C.CC(C)[S-].[Ni+2].[Ni].[SH-]. The molecule has 0 aromatic carbocycles. The van der Waals surface area contributed by atoms with Crippen LogP contribution in [0.2, 0.25) is 0 Å². The average molecular weight is 754 g/mol. The first-order valence-electron chi connectivity index (χ1n) is 15.4. The van der Waals surface area contributed by atoms with Crippen LogP contribution in [0.5, 0.6) is 0 Å². The summed E-state index contributed by atoms with van der Waals surface area (Å²) in [6.07, 6.45) is 6.24. The van der Waals surface area contributed by atoms with Crippen LogP contribution in [0, 0.1) is 0 Å². The maximum Gasteiger partial charge on any atom is 2.00 e. The van der Waals surface area contributed by atoms with Crippen LogP contribution in [-0.4, -0.2) is 75.2 Å². The average Bonchev–Trinajstić information content (AvgIpc) is 2.65. The molecule has 0 unspecified atom stereocenters. The van der Waals surface area contributed by atoms with Crippen molar-refractivity contribution >= 4 is 57.8 Å². The third kappa shape index (κ3) is 31.2. The smallest absolute Gasteiger partial charge is 0.813 e. The Morgan fingerprint density at radius 3 is 0.487 bits per heavy atom. The molecule has 0 fully saturated rings. The second-order valence-corrected chi connectivity index (χ2v) is 30.4. The second-order valence-electron chi connectivity index (χ2n) is 13.6. The third-order valence-corrected chi connectivity index (χ3v) is 23.5. The number of rotatable bonds is 14. The van der Waals surface area contributed by atoms with Crippen molar-refractivity contribution in [1.29, 1.82) is 0 Å². The van der Waals surface area contributed by atoms with E-state index < -0.39 is 0 Å². The van der Waals surface area contributed by atoms with E-state index in [-0.39, 0.29) is 78.2 Å². The minimum Gasteiger partial charge on any atom is -0.813 e. The summed E-state index contributed by atoms with van der Waals surface area (Å²) < 4.78 is 0. The van der Waals surface area contributed by atoms with Crippen molar-refractivity contribution in [2.75, 3.05) is 24.6 Å². The summed E-state index contributed by atoms with van der Waals surface area (Å²) in [5.74, 6) is 0. The van der Waals surface area contributed by atoms with Crippen LogP contribution in [0.4, 0.5) is 0 Å². The molecule has 0 amide bonds. The Hall–Kier alpha value is 3.41. The molecule has 0 saturated carbocycles. The number of hydrogen-bond donors (Lipinski definition) is 0. The van der Waals surface area contributed by atoms with Crippen molar-refractivity contribution < 1.29 is 33.0 Å².